The molecule has 0 aromatic heterocycles. The first-order chi connectivity index (χ1) is 8.60. The Hall–Kier alpha value is -1.53. The third-order valence-electron chi connectivity index (χ3n) is 3.22. The van der Waals surface area contributed by atoms with Crippen LogP contribution in [0.3, 0.4) is 0 Å². The Morgan fingerprint density at radius 3 is 2.72 bits per heavy atom. The molecule has 1 N–H and O–H groups in total. The van der Waals surface area contributed by atoms with Gasteiger partial charge in [-0.3, -0.25) is 15.0 Å². The molecule has 0 spiro atoms. The number of halogens is 1. The third-order valence-corrected chi connectivity index (χ3v) is 3.22. The van der Waals surface area contributed by atoms with Crippen LogP contribution in [0.5, 0.6) is 0 Å². The summed E-state index contributed by atoms with van der Waals surface area (Å²) >= 11 is 0. The largest absolute Gasteiger partial charge is 0.314 e. The van der Waals surface area contributed by atoms with Crippen LogP contribution >= 0.6 is 0 Å². The van der Waals surface area contributed by atoms with Gasteiger partial charge in [0.1, 0.15) is 5.82 Å². The molecule has 1 aromatic rings. The van der Waals surface area contributed by atoms with Gasteiger partial charge in [0.05, 0.1) is 11.0 Å². The van der Waals surface area contributed by atoms with Gasteiger partial charge in [-0.25, -0.2) is 4.39 Å². The molecule has 98 valence electrons. The minimum atomic E-state index is -0.562. The second-order valence-corrected chi connectivity index (χ2v) is 4.45. The van der Waals surface area contributed by atoms with E-state index in [9.17, 15) is 14.5 Å². The van der Waals surface area contributed by atoms with Crippen LogP contribution < -0.4 is 5.32 Å². The van der Waals surface area contributed by atoms with Gasteiger partial charge in [-0.05, 0) is 18.2 Å². The fourth-order valence-electron chi connectivity index (χ4n) is 2.10. The average Bonchev–Trinajstić information content (AvgIpc) is 2.24. The lowest BCUT2D eigenvalue weighted by atomic mass is 10.1. The van der Waals surface area contributed by atoms with Crippen molar-refractivity contribution in [2.45, 2.75) is 19.5 Å². The third kappa shape index (κ3) is 2.83. The number of hydrogen-bond acceptors (Lipinski definition) is 4. The summed E-state index contributed by atoms with van der Waals surface area (Å²) in [7, 11) is 0. The Balaban J connectivity index is 2.14. The molecule has 18 heavy (non-hydrogen) atoms. The van der Waals surface area contributed by atoms with Gasteiger partial charge < -0.3 is 5.32 Å². The van der Waals surface area contributed by atoms with Gasteiger partial charge in [0.2, 0.25) is 0 Å². The minimum Gasteiger partial charge on any atom is -0.314 e. The second kappa shape index (κ2) is 5.41. The smallest absolute Gasteiger partial charge is 0.272 e. The van der Waals surface area contributed by atoms with Gasteiger partial charge in [-0.2, -0.15) is 0 Å². The van der Waals surface area contributed by atoms with Crippen molar-refractivity contribution in [2.75, 3.05) is 19.6 Å². The zero-order chi connectivity index (χ0) is 13.1. The summed E-state index contributed by atoms with van der Waals surface area (Å²) in [5.41, 5.74) is 0.461. The van der Waals surface area contributed by atoms with E-state index >= 15 is 0 Å². The van der Waals surface area contributed by atoms with Gasteiger partial charge in [0.25, 0.3) is 5.69 Å². The molecular weight excluding hydrogens is 237 g/mol. The monoisotopic (exact) mass is 253 g/mol. The van der Waals surface area contributed by atoms with Gasteiger partial charge in [-0.15, -0.1) is 0 Å². The Morgan fingerprint density at radius 1 is 1.50 bits per heavy atom. The van der Waals surface area contributed by atoms with Crippen molar-refractivity contribution in [3.05, 3.63) is 39.7 Å². The first-order valence-electron chi connectivity index (χ1n) is 5.98. The second-order valence-electron chi connectivity index (χ2n) is 4.45. The highest BCUT2D eigenvalue weighted by Gasteiger charge is 2.23. The van der Waals surface area contributed by atoms with E-state index in [0.29, 0.717) is 18.2 Å². The van der Waals surface area contributed by atoms with Crippen LogP contribution in [0.15, 0.2) is 18.2 Å². The van der Waals surface area contributed by atoms with E-state index in [1.807, 2.05) is 6.92 Å². The van der Waals surface area contributed by atoms with Crippen molar-refractivity contribution in [1.29, 1.82) is 0 Å². The van der Waals surface area contributed by atoms with Crippen LogP contribution in [-0.2, 0) is 6.54 Å². The number of nitro groups is 1. The first-order valence-corrected chi connectivity index (χ1v) is 5.98. The molecule has 1 aliphatic rings. The van der Waals surface area contributed by atoms with Crippen LogP contribution in [0.2, 0.25) is 0 Å². The fraction of sp³-hybridized carbons (Fsp3) is 0.500. The molecule has 1 fully saturated rings. The number of rotatable bonds is 5. The summed E-state index contributed by atoms with van der Waals surface area (Å²) in [5, 5.41) is 13.9. The number of benzene rings is 1. The zero-order valence-electron chi connectivity index (χ0n) is 10.2. The molecule has 0 bridgehead atoms. The molecule has 5 nitrogen and oxygen atoms in total. The van der Waals surface area contributed by atoms with Crippen molar-refractivity contribution in [1.82, 2.24) is 10.2 Å². The number of nitrogens with zero attached hydrogens (tertiary/aromatic N) is 2. The van der Waals surface area contributed by atoms with E-state index in [4.69, 9.17) is 0 Å². The van der Waals surface area contributed by atoms with Gasteiger partial charge >= 0.3 is 0 Å². The lowest BCUT2D eigenvalue weighted by Crippen LogP contribution is -2.56. The van der Waals surface area contributed by atoms with E-state index in [2.05, 4.69) is 10.2 Å². The van der Waals surface area contributed by atoms with Gasteiger partial charge in [0, 0.05) is 31.7 Å². The number of hydrogen-bond donors (Lipinski definition) is 1. The number of likely N-dealkylation sites (N-methyl/N-ethyl adjacent to an activating group) is 1. The average molecular weight is 253 g/mol. The summed E-state index contributed by atoms with van der Waals surface area (Å²) in [6, 6.07) is 4.20. The minimum absolute atomic E-state index is 0.187. The predicted molar refractivity (Wildman–Crippen MR) is 65.8 cm³/mol. The molecular formula is C12H16FN3O2. The molecule has 0 amide bonds. The normalized spacial score (nSPS) is 15.7. The summed E-state index contributed by atoms with van der Waals surface area (Å²) in [4.78, 5) is 12.3. The number of nitrogens with one attached hydrogen (secondary N) is 1. The maximum absolute atomic E-state index is 13.3. The van der Waals surface area contributed by atoms with Crippen LogP contribution in [-0.4, -0.2) is 35.5 Å². The Kier molecular flexibility index (Phi) is 3.88. The molecule has 0 unspecified atom stereocenters. The first kappa shape index (κ1) is 12.9. The van der Waals surface area contributed by atoms with Crippen molar-refractivity contribution in [3.8, 4) is 0 Å². The molecule has 0 radical (unpaired) electrons. The van der Waals surface area contributed by atoms with Crippen molar-refractivity contribution in [3.63, 3.8) is 0 Å². The highest BCUT2D eigenvalue weighted by Crippen LogP contribution is 2.19. The molecule has 1 aromatic carbocycles. The number of non-ortho nitro benzene ring substituents is 1. The van der Waals surface area contributed by atoms with Crippen LogP contribution in [0.4, 0.5) is 10.1 Å². The highest BCUT2D eigenvalue weighted by atomic mass is 19.1. The molecule has 1 heterocycles. The lowest BCUT2D eigenvalue weighted by molar-refractivity contribution is -0.385. The van der Waals surface area contributed by atoms with Crippen LogP contribution in [0.25, 0.3) is 0 Å². The topological polar surface area (TPSA) is 58.4 Å². The Morgan fingerprint density at radius 2 is 2.22 bits per heavy atom. The maximum Gasteiger partial charge on any atom is 0.272 e. The summed E-state index contributed by atoms with van der Waals surface area (Å²) in [6.45, 7) is 5.26. The van der Waals surface area contributed by atoms with E-state index in [1.165, 1.54) is 12.1 Å². The van der Waals surface area contributed by atoms with E-state index < -0.39 is 10.7 Å². The molecule has 0 saturated carbocycles. The predicted octanol–water partition coefficient (Wildman–Crippen LogP) is 1.53. The molecule has 2 rings (SSSR count). The zero-order valence-corrected chi connectivity index (χ0v) is 10.2. The highest BCUT2D eigenvalue weighted by molar-refractivity contribution is 5.35. The summed E-state index contributed by atoms with van der Waals surface area (Å²) < 4.78 is 13.3. The van der Waals surface area contributed by atoms with E-state index in [1.54, 1.807) is 0 Å². The Bertz CT molecular complexity index is 449. The molecule has 0 aliphatic carbocycles. The Labute approximate surface area is 105 Å². The maximum atomic E-state index is 13.3. The van der Waals surface area contributed by atoms with Gasteiger partial charge in [-0.1, -0.05) is 6.92 Å². The van der Waals surface area contributed by atoms with Crippen LogP contribution in [0.1, 0.15) is 12.5 Å². The SMILES string of the molecule is CCN(Cc1cc(F)cc([N+](=O)[O-])c1)C1CNC1. The summed E-state index contributed by atoms with van der Waals surface area (Å²) in [6.07, 6.45) is 0. The van der Waals surface area contributed by atoms with Crippen LogP contribution in [0, 0.1) is 15.9 Å². The van der Waals surface area contributed by atoms with E-state index in [0.717, 1.165) is 25.7 Å². The lowest BCUT2D eigenvalue weighted by Gasteiger charge is -2.37. The summed E-state index contributed by atoms with van der Waals surface area (Å²) in [5.74, 6) is -0.554. The molecule has 1 aliphatic heterocycles. The van der Waals surface area contributed by atoms with Crippen molar-refractivity contribution in [2.24, 2.45) is 0 Å². The molecule has 1 saturated heterocycles. The molecule has 0 atom stereocenters. The van der Waals surface area contributed by atoms with E-state index in [-0.39, 0.29) is 5.69 Å². The molecule has 6 heteroatoms. The van der Waals surface area contributed by atoms with Crippen molar-refractivity contribution >= 4 is 5.69 Å². The standard InChI is InChI=1S/C12H16FN3O2/c1-2-15(12-6-14-7-12)8-9-3-10(13)5-11(4-9)16(17)18/h3-5,12,14H,2,6-8H2,1H3. The van der Waals surface area contributed by atoms with Crippen molar-refractivity contribution < 1.29 is 9.31 Å². The van der Waals surface area contributed by atoms with Gasteiger partial charge in [0.15, 0.2) is 0 Å². The fourth-order valence-corrected chi connectivity index (χ4v) is 2.10. The number of nitro benzene ring substituents is 1. The quantitative estimate of drug-likeness (QED) is 0.638.